The fraction of sp³-hybridized carbons (Fsp3) is 0.320. The molecule has 0 bridgehead atoms. The van der Waals surface area contributed by atoms with Gasteiger partial charge in [0.1, 0.15) is 16.1 Å². The van der Waals surface area contributed by atoms with E-state index in [1.54, 1.807) is 6.08 Å². The van der Waals surface area contributed by atoms with Crippen LogP contribution in [-0.4, -0.2) is 38.3 Å². The number of hydrogen-bond donors (Lipinski definition) is 1. The Bertz CT molecular complexity index is 1030. The Kier molecular flexibility index (Phi) is 7.74. The molecular formula is C25H27NO4S2. The summed E-state index contributed by atoms with van der Waals surface area (Å²) in [5, 5.41) is 9.66. The van der Waals surface area contributed by atoms with Crippen LogP contribution < -0.4 is 4.74 Å². The molecule has 1 amide bonds. The number of carbonyl (C=O) groups excluding carboxylic acids is 1. The van der Waals surface area contributed by atoms with Gasteiger partial charge in [-0.1, -0.05) is 80.6 Å². The first-order valence-corrected chi connectivity index (χ1v) is 11.8. The second-order valence-electron chi connectivity index (χ2n) is 8.03. The molecule has 1 heterocycles. The van der Waals surface area contributed by atoms with Gasteiger partial charge in [0, 0.05) is 0 Å². The van der Waals surface area contributed by atoms with Crippen LogP contribution in [0.3, 0.4) is 0 Å². The fourth-order valence-corrected chi connectivity index (χ4v) is 4.80. The predicted octanol–water partition coefficient (Wildman–Crippen LogP) is 5.84. The highest BCUT2D eigenvalue weighted by Crippen LogP contribution is 2.36. The SMILES string of the molecule is CC[C@@H](C)[C@@H](C(=O)O)N1C(=O)/C(=C\c2ccc(-c3ccc(OC(C)C)cc3)cc2)SC1=S. The molecule has 0 aromatic heterocycles. The number of carboxylic acid groups (broad SMARTS) is 1. The van der Waals surface area contributed by atoms with Gasteiger partial charge in [-0.25, -0.2) is 4.79 Å². The van der Waals surface area contributed by atoms with Crippen LogP contribution in [-0.2, 0) is 9.59 Å². The summed E-state index contributed by atoms with van der Waals surface area (Å²) in [6, 6.07) is 14.8. The standard InChI is InChI=1S/C25H27NO4S2/c1-5-16(4)22(24(28)29)26-23(27)21(32-25(26)31)14-17-6-8-18(9-7-17)19-10-12-20(13-11-19)30-15(2)3/h6-16,22H,5H2,1-4H3,(H,28,29)/b21-14+/t16-,22+/m1/s1. The van der Waals surface area contributed by atoms with Crippen LogP contribution in [0.5, 0.6) is 5.75 Å². The summed E-state index contributed by atoms with van der Waals surface area (Å²) in [5.41, 5.74) is 2.97. The highest BCUT2D eigenvalue weighted by Gasteiger charge is 2.42. The number of thioether (sulfide) groups is 1. The molecule has 168 valence electrons. The largest absolute Gasteiger partial charge is 0.491 e. The second-order valence-corrected chi connectivity index (χ2v) is 9.71. The Morgan fingerprint density at radius 1 is 1.09 bits per heavy atom. The molecule has 1 saturated heterocycles. The smallest absolute Gasteiger partial charge is 0.327 e. The van der Waals surface area contributed by atoms with Crippen molar-refractivity contribution in [2.24, 2.45) is 5.92 Å². The number of carboxylic acids is 1. The quantitative estimate of drug-likeness (QED) is 0.387. The zero-order valence-electron chi connectivity index (χ0n) is 18.6. The summed E-state index contributed by atoms with van der Waals surface area (Å²) in [7, 11) is 0. The van der Waals surface area contributed by atoms with Crippen LogP contribution >= 0.6 is 24.0 Å². The van der Waals surface area contributed by atoms with Crippen molar-refractivity contribution in [1.82, 2.24) is 4.90 Å². The van der Waals surface area contributed by atoms with Gasteiger partial charge in [-0.2, -0.15) is 0 Å². The molecule has 5 nitrogen and oxygen atoms in total. The van der Waals surface area contributed by atoms with Crippen LogP contribution in [0.4, 0.5) is 0 Å². The molecule has 0 aliphatic carbocycles. The summed E-state index contributed by atoms with van der Waals surface area (Å²) in [6.45, 7) is 7.71. The normalized spacial score (nSPS) is 17.2. The number of amides is 1. The van der Waals surface area contributed by atoms with E-state index in [4.69, 9.17) is 17.0 Å². The lowest BCUT2D eigenvalue weighted by Gasteiger charge is -2.27. The van der Waals surface area contributed by atoms with E-state index in [0.717, 1.165) is 34.2 Å². The van der Waals surface area contributed by atoms with Gasteiger partial charge in [0.25, 0.3) is 5.91 Å². The molecular weight excluding hydrogens is 442 g/mol. The van der Waals surface area contributed by atoms with Crippen molar-refractivity contribution in [2.75, 3.05) is 0 Å². The minimum Gasteiger partial charge on any atom is -0.491 e. The molecule has 1 N–H and O–H groups in total. The van der Waals surface area contributed by atoms with Gasteiger partial charge >= 0.3 is 5.97 Å². The summed E-state index contributed by atoms with van der Waals surface area (Å²) >= 11 is 6.50. The third-order valence-corrected chi connectivity index (χ3v) is 6.64. The van der Waals surface area contributed by atoms with Crippen molar-refractivity contribution in [2.45, 2.75) is 46.3 Å². The summed E-state index contributed by atoms with van der Waals surface area (Å²) in [6.07, 6.45) is 2.53. The number of benzene rings is 2. The zero-order valence-corrected chi connectivity index (χ0v) is 20.2. The molecule has 0 saturated carbocycles. The van der Waals surface area contributed by atoms with Crippen LogP contribution in [0.15, 0.2) is 53.4 Å². The van der Waals surface area contributed by atoms with E-state index in [1.807, 2.05) is 76.2 Å². The number of aliphatic carboxylic acids is 1. The van der Waals surface area contributed by atoms with Gasteiger partial charge in [0.2, 0.25) is 0 Å². The van der Waals surface area contributed by atoms with E-state index in [9.17, 15) is 14.7 Å². The van der Waals surface area contributed by atoms with E-state index >= 15 is 0 Å². The van der Waals surface area contributed by atoms with E-state index in [0.29, 0.717) is 11.3 Å². The van der Waals surface area contributed by atoms with Crippen molar-refractivity contribution < 1.29 is 19.4 Å². The third kappa shape index (κ3) is 5.40. The van der Waals surface area contributed by atoms with E-state index < -0.39 is 12.0 Å². The Labute approximate surface area is 198 Å². The van der Waals surface area contributed by atoms with Crippen LogP contribution in [0.1, 0.15) is 39.7 Å². The molecule has 32 heavy (non-hydrogen) atoms. The number of ether oxygens (including phenoxy) is 1. The zero-order chi connectivity index (χ0) is 23.4. The monoisotopic (exact) mass is 469 g/mol. The number of thiocarbonyl (C=S) groups is 1. The average Bonchev–Trinajstić information content (AvgIpc) is 3.02. The van der Waals surface area contributed by atoms with Crippen molar-refractivity contribution >= 4 is 46.3 Å². The van der Waals surface area contributed by atoms with Gasteiger partial charge in [-0.3, -0.25) is 9.69 Å². The third-order valence-electron chi connectivity index (χ3n) is 5.31. The van der Waals surface area contributed by atoms with E-state index in [-0.39, 0.29) is 22.2 Å². The van der Waals surface area contributed by atoms with Gasteiger partial charge in [0.05, 0.1) is 11.0 Å². The number of rotatable bonds is 8. The van der Waals surface area contributed by atoms with E-state index in [2.05, 4.69) is 0 Å². The average molecular weight is 470 g/mol. The first-order chi connectivity index (χ1) is 15.2. The van der Waals surface area contributed by atoms with Gasteiger partial charge in [0.15, 0.2) is 0 Å². The number of carbonyl (C=O) groups is 2. The summed E-state index contributed by atoms with van der Waals surface area (Å²) < 4.78 is 5.97. The highest BCUT2D eigenvalue weighted by molar-refractivity contribution is 8.26. The number of nitrogens with zero attached hydrogens (tertiary/aromatic N) is 1. The molecule has 0 radical (unpaired) electrons. The molecule has 2 aromatic rings. The molecule has 2 aromatic carbocycles. The fourth-order valence-electron chi connectivity index (χ4n) is 3.47. The van der Waals surface area contributed by atoms with Gasteiger partial charge in [-0.05, 0) is 54.7 Å². The summed E-state index contributed by atoms with van der Waals surface area (Å²) in [4.78, 5) is 26.4. The molecule has 1 aliphatic rings. The van der Waals surface area contributed by atoms with Gasteiger partial charge < -0.3 is 9.84 Å². The minimum absolute atomic E-state index is 0.129. The van der Waals surface area contributed by atoms with Crippen LogP contribution in [0.2, 0.25) is 0 Å². The maximum atomic E-state index is 13.0. The predicted molar refractivity (Wildman–Crippen MR) is 134 cm³/mol. The van der Waals surface area contributed by atoms with Crippen LogP contribution in [0.25, 0.3) is 17.2 Å². The second kappa shape index (κ2) is 10.3. The lowest BCUT2D eigenvalue weighted by Crippen LogP contribution is -2.47. The molecule has 1 fully saturated rings. The van der Waals surface area contributed by atoms with Crippen LogP contribution in [0, 0.1) is 5.92 Å². The molecule has 1 aliphatic heterocycles. The van der Waals surface area contributed by atoms with Gasteiger partial charge in [-0.15, -0.1) is 0 Å². The molecule has 3 rings (SSSR count). The lowest BCUT2D eigenvalue weighted by molar-refractivity contribution is -0.147. The molecule has 0 unspecified atom stereocenters. The Morgan fingerprint density at radius 3 is 2.16 bits per heavy atom. The van der Waals surface area contributed by atoms with Crippen molar-refractivity contribution in [1.29, 1.82) is 0 Å². The Hall–Kier alpha value is -2.64. The lowest BCUT2D eigenvalue weighted by atomic mass is 9.98. The molecule has 0 spiro atoms. The first kappa shape index (κ1) is 24.0. The first-order valence-electron chi connectivity index (χ1n) is 10.6. The van der Waals surface area contributed by atoms with Crippen molar-refractivity contribution in [3.05, 3.63) is 59.0 Å². The minimum atomic E-state index is -1.04. The molecule has 2 atom stereocenters. The molecule has 7 heteroatoms. The van der Waals surface area contributed by atoms with Crippen molar-refractivity contribution in [3.63, 3.8) is 0 Å². The topological polar surface area (TPSA) is 66.8 Å². The maximum Gasteiger partial charge on any atom is 0.327 e. The maximum absolute atomic E-state index is 13.0. The highest BCUT2D eigenvalue weighted by atomic mass is 32.2. The number of hydrogen-bond acceptors (Lipinski definition) is 5. The Balaban J connectivity index is 1.78. The Morgan fingerprint density at radius 2 is 1.66 bits per heavy atom. The summed E-state index contributed by atoms with van der Waals surface area (Å²) in [5.74, 6) is -0.756. The van der Waals surface area contributed by atoms with E-state index in [1.165, 1.54) is 4.90 Å². The van der Waals surface area contributed by atoms with Crippen molar-refractivity contribution in [3.8, 4) is 16.9 Å².